The van der Waals surface area contributed by atoms with Gasteiger partial charge in [-0.1, -0.05) is 35.9 Å². The van der Waals surface area contributed by atoms with Crippen LogP contribution < -0.4 is 10.2 Å². The number of nitrogens with zero attached hydrogens (tertiary/aromatic N) is 3. The largest absolute Gasteiger partial charge is 0.334 e. The molecule has 0 bridgehead atoms. The van der Waals surface area contributed by atoms with E-state index in [4.69, 9.17) is 11.6 Å². The molecule has 158 valence electrons. The number of urea groups is 1. The summed E-state index contributed by atoms with van der Waals surface area (Å²) < 4.78 is 0. The number of carbonyl (C=O) groups is 2. The highest BCUT2D eigenvalue weighted by atomic mass is 35.5. The lowest BCUT2D eigenvalue weighted by molar-refractivity contribution is -0.117. The molecule has 0 aromatic heterocycles. The van der Waals surface area contributed by atoms with Crippen LogP contribution in [0.1, 0.15) is 24.0 Å². The van der Waals surface area contributed by atoms with E-state index in [1.807, 2.05) is 58.3 Å². The van der Waals surface area contributed by atoms with E-state index >= 15 is 0 Å². The van der Waals surface area contributed by atoms with Crippen molar-refractivity contribution in [2.24, 2.45) is 0 Å². The van der Waals surface area contributed by atoms with E-state index in [2.05, 4.69) is 10.2 Å². The lowest BCUT2D eigenvalue weighted by atomic mass is 10.2. The highest BCUT2D eigenvalue weighted by molar-refractivity contribution is 6.30. The summed E-state index contributed by atoms with van der Waals surface area (Å²) in [6, 6.07) is 15.8. The van der Waals surface area contributed by atoms with E-state index in [1.165, 1.54) is 5.56 Å². The van der Waals surface area contributed by atoms with Gasteiger partial charge >= 0.3 is 6.03 Å². The van der Waals surface area contributed by atoms with Gasteiger partial charge in [0.25, 0.3) is 0 Å². The minimum absolute atomic E-state index is 0.0278. The Kier molecular flexibility index (Phi) is 6.55. The van der Waals surface area contributed by atoms with Crippen LogP contribution in [0.2, 0.25) is 5.02 Å². The Balaban J connectivity index is 1.21. The molecule has 2 aromatic rings. The third-order valence-corrected chi connectivity index (χ3v) is 6.00. The topological polar surface area (TPSA) is 55.9 Å². The molecule has 0 saturated carbocycles. The molecule has 0 spiro atoms. The quantitative estimate of drug-likeness (QED) is 0.796. The number of nitrogens with one attached hydrogen (secondary N) is 1. The van der Waals surface area contributed by atoms with Gasteiger partial charge in [-0.15, -0.1) is 0 Å². The standard InChI is InChI=1S/C23H27ClN4O2/c24-20-7-3-19(4-8-20)17-26-12-14-27(15-13-26)23(30)25-16-18-5-9-21(10-6-18)28-11-1-2-22(28)29/h3-10H,1-2,11-17H2,(H,25,30). The highest BCUT2D eigenvalue weighted by Gasteiger charge is 2.22. The van der Waals surface area contributed by atoms with E-state index in [0.717, 1.165) is 62.0 Å². The van der Waals surface area contributed by atoms with Crippen molar-refractivity contribution in [3.8, 4) is 0 Å². The average Bonchev–Trinajstić information content (AvgIpc) is 3.20. The van der Waals surface area contributed by atoms with Gasteiger partial charge in [0.15, 0.2) is 0 Å². The van der Waals surface area contributed by atoms with E-state index < -0.39 is 0 Å². The lowest BCUT2D eigenvalue weighted by Gasteiger charge is -2.34. The number of halogens is 1. The van der Waals surface area contributed by atoms with Gasteiger partial charge < -0.3 is 15.1 Å². The number of benzene rings is 2. The van der Waals surface area contributed by atoms with Gasteiger partial charge in [0, 0.05) is 62.9 Å². The van der Waals surface area contributed by atoms with Gasteiger partial charge in [-0.25, -0.2) is 4.79 Å². The van der Waals surface area contributed by atoms with Crippen molar-refractivity contribution in [2.75, 3.05) is 37.6 Å². The minimum atomic E-state index is -0.0278. The van der Waals surface area contributed by atoms with Crippen LogP contribution in [-0.4, -0.2) is 54.5 Å². The van der Waals surface area contributed by atoms with Crippen LogP contribution in [-0.2, 0) is 17.9 Å². The van der Waals surface area contributed by atoms with Crippen LogP contribution in [0, 0.1) is 0 Å². The van der Waals surface area contributed by atoms with Crippen LogP contribution in [0.25, 0.3) is 0 Å². The van der Waals surface area contributed by atoms with Crippen LogP contribution in [0.5, 0.6) is 0 Å². The van der Waals surface area contributed by atoms with Gasteiger partial charge in [-0.2, -0.15) is 0 Å². The second kappa shape index (κ2) is 9.49. The number of hydrogen-bond acceptors (Lipinski definition) is 3. The molecule has 0 atom stereocenters. The van der Waals surface area contributed by atoms with Gasteiger partial charge in [0.1, 0.15) is 0 Å². The minimum Gasteiger partial charge on any atom is -0.334 e. The van der Waals surface area contributed by atoms with E-state index in [9.17, 15) is 9.59 Å². The lowest BCUT2D eigenvalue weighted by Crippen LogP contribution is -2.51. The van der Waals surface area contributed by atoms with Gasteiger partial charge in [-0.05, 0) is 41.8 Å². The van der Waals surface area contributed by atoms with Gasteiger partial charge in [-0.3, -0.25) is 9.69 Å². The summed E-state index contributed by atoms with van der Waals surface area (Å²) in [6.45, 7) is 5.30. The summed E-state index contributed by atoms with van der Waals surface area (Å²) in [5.41, 5.74) is 3.20. The first-order chi connectivity index (χ1) is 14.6. The number of rotatable bonds is 5. The molecule has 2 fully saturated rings. The summed E-state index contributed by atoms with van der Waals surface area (Å²) in [5.74, 6) is 0.186. The molecule has 30 heavy (non-hydrogen) atoms. The Hall–Kier alpha value is -2.57. The smallest absolute Gasteiger partial charge is 0.317 e. The number of amides is 3. The second-order valence-corrected chi connectivity index (χ2v) is 8.30. The maximum atomic E-state index is 12.5. The van der Waals surface area contributed by atoms with Crippen molar-refractivity contribution in [2.45, 2.75) is 25.9 Å². The third-order valence-electron chi connectivity index (χ3n) is 5.74. The summed E-state index contributed by atoms with van der Waals surface area (Å²) in [5, 5.41) is 3.76. The zero-order chi connectivity index (χ0) is 20.9. The van der Waals surface area contributed by atoms with Crippen LogP contribution >= 0.6 is 11.6 Å². The number of anilines is 1. The summed E-state index contributed by atoms with van der Waals surface area (Å²) in [4.78, 5) is 30.4. The monoisotopic (exact) mass is 426 g/mol. The molecule has 2 heterocycles. The third kappa shape index (κ3) is 5.12. The second-order valence-electron chi connectivity index (χ2n) is 7.86. The normalized spacial score (nSPS) is 17.4. The predicted octanol–water partition coefficient (Wildman–Crippen LogP) is 3.49. The molecule has 4 rings (SSSR count). The van der Waals surface area contributed by atoms with Crippen molar-refractivity contribution >= 4 is 29.2 Å². The molecule has 0 aliphatic carbocycles. The molecule has 6 nitrogen and oxygen atoms in total. The fraction of sp³-hybridized carbons (Fsp3) is 0.391. The maximum absolute atomic E-state index is 12.5. The molecule has 0 unspecified atom stereocenters. The molecule has 1 N–H and O–H groups in total. The molecular formula is C23H27ClN4O2. The fourth-order valence-electron chi connectivity index (χ4n) is 3.96. The molecule has 2 aromatic carbocycles. The first-order valence-corrected chi connectivity index (χ1v) is 10.9. The first-order valence-electron chi connectivity index (χ1n) is 10.5. The zero-order valence-electron chi connectivity index (χ0n) is 17.0. The van der Waals surface area contributed by atoms with Crippen molar-refractivity contribution in [3.63, 3.8) is 0 Å². The van der Waals surface area contributed by atoms with Gasteiger partial charge in [0.2, 0.25) is 5.91 Å². The molecule has 2 saturated heterocycles. The Morgan fingerprint density at radius 3 is 2.20 bits per heavy atom. The van der Waals surface area contributed by atoms with Crippen LogP contribution in [0.15, 0.2) is 48.5 Å². The van der Waals surface area contributed by atoms with Gasteiger partial charge in [0.05, 0.1) is 0 Å². The highest BCUT2D eigenvalue weighted by Crippen LogP contribution is 2.21. The fourth-order valence-corrected chi connectivity index (χ4v) is 4.09. The van der Waals surface area contributed by atoms with Crippen molar-refractivity contribution in [1.82, 2.24) is 15.1 Å². The number of piperazine rings is 1. The first kappa shape index (κ1) is 20.7. The molecule has 2 aliphatic rings. The molecular weight excluding hydrogens is 400 g/mol. The van der Waals surface area contributed by atoms with Crippen molar-refractivity contribution in [1.29, 1.82) is 0 Å². The zero-order valence-corrected chi connectivity index (χ0v) is 17.8. The van der Waals surface area contributed by atoms with E-state index in [1.54, 1.807) is 0 Å². The SMILES string of the molecule is O=C(NCc1ccc(N2CCCC2=O)cc1)N1CCN(Cc2ccc(Cl)cc2)CC1. The van der Waals surface area contributed by atoms with E-state index in [0.29, 0.717) is 13.0 Å². The van der Waals surface area contributed by atoms with Crippen molar-refractivity contribution in [3.05, 3.63) is 64.7 Å². The Bertz CT molecular complexity index is 877. The van der Waals surface area contributed by atoms with Crippen LogP contribution in [0.3, 0.4) is 0 Å². The Morgan fingerprint density at radius 2 is 1.57 bits per heavy atom. The number of hydrogen-bond donors (Lipinski definition) is 1. The predicted molar refractivity (Wildman–Crippen MR) is 119 cm³/mol. The maximum Gasteiger partial charge on any atom is 0.317 e. The molecule has 3 amide bonds. The number of carbonyl (C=O) groups excluding carboxylic acids is 2. The summed E-state index contributed by atoms with van der Waals surface area (Å²) in [6.07, 6.45) is 1.55. The van der Waals surface area contributed by atoms with Crippen molar-refractivity contribution < 1.29 is 9.59 Å². The molecule has 2 aliphatic heterocycles. The summed E-state index contributed by atoms with van der Waals surface area (Å²) >= 11 is 5.95. The molecule has 7 heteroatoms. The Morgan fingerprint density at radius 1 is 0.900 bits per heavy atom. The van der Waals surface area contributed by atoms with Crippen LogP contribution in [0.4, 0.5) is 10.5 Å². The average molecular weight is 427 g/mol. The summed E-state index contributed by atoms with van der Waals surface area (Å²) in [7, 11) is 0. The van der Waals surface area contributed by atoms with E-state index in [-0.39, 0.29) is 11.9 Å². The Labute approximate surface area is 182 Å². The molecule has 0 radical (unpaired) electrons.